The van der Waals surface area contributed by atoms with E-state index in [4.69, 9.17) is 9.15 Å². The smallest absolute Gasteiger partial charge is 0.433 e. The molecule has 1 spiro atoms. The van der Waals surface area contributed by atoms with E-state index in [1.807, 2.05) is 42.5 Å². The molecule has 0 N–H and O–H groups in total. The van der Waals surface area contributed by atoms with Crippen molar-refractivity contribution in [3.05, 3.63) is 111 Å². The van der Waals surface area contributed by atoms with E-state index in [9.17, 15) is 14.9 Å². The molecular formula is C33H33N5O5. The van der Waals surface area contributed by atoms with Gasteiger partial charge in [0.25, 0.3) is 5.91 Å². The number of nitro groups is 1. The van der Waals surface area contributed by atoms with Gasteiger partial charge in [0, 0.05) is 71.9 Å². The number of benzene rings is 3. The highest BCUT2D eigenvalue weighted by Gasteiger charge is 2.57. The molecule has 0 unspecified atom stereocenters. The fraction of sp³-hybridized carbons (Fsp3) is 0.273. The second-order valence-corrected chi connectivity index (χ2v) is 10.4. The maximum absolute atomic E-state index is 14.2. The van der Waals surface area contributed by atoms with E-state index in [1.54, 1.807) is 6.07 Å². The predicted molar refractivity (Wildman–Crippen MR) is 166 cm³/mol. The molecule has 10 nitrogen and oxygen atoms in total. The number of nitrogens with zero attached hydrogens (tertiary/aromatic N) is 5. The maximum Gasteiger partial charge on any atom is 0.433 e. The first-order valence-electron chi connectivity index (χ1n) is 14.6. The summed E-state index contributed by atoms with van der Waals surface area (Å²) >= 11 is 0. The van der Waals surface area contributed by atoms with Gasteiger partial charge in [0.1, 0.15) is 22.0 Å². The second-order valence-electron chi connectivity index (χ2n) is 10.4. The van der Waals surface area contributed by atoms with Crippen molar-refractivity contribution in [3.63, 3.8) is 0 Å². The molecule has 6 rings (SSSR count). The molecule has 10 heteroatoms. The van der Waals surface area contributed by atoms with E-state index in [0.29, 0.717) is 17.1 Å². The molecule has 1 aromatic heterocycles. The normalized spacial score (nSPS) is 14.4. The molecule has 0 aliphatic carbocycles. The number of ether oxygens (including phenoxy) is 1. The van der Waals surface area contributed by atoms with Crippen molar-refractivity contribution in [1.82, 2.24) is 5.01 Å². The summed E-state index contributed by atoms with van der Waals surface area (Å²) < 4.78 is 12.0. The van der Waals surface area contributed by atoms with Crippen LogP contribution in [0.3, 0.4) is 0 Å². The highest BCUT2D eigenvalue weighted by molar-refractivity contribution is 6.02. The van der Waals surface area contributed by atoms with E-state index in [1.165, 1.54) is 23.4 Å². The number of hydrogen-bond acceptors (Lipinski definition) is 8. The third-order valence-corrected chi connectivity index (χ3v) is 8.34. The molecule has 0 bridgehead atoms. The Labute approximate surface area is 249 Å². The summed E-state index contributed by atoms with van der Waals surface area (Å²) in [7, 11) is 0. The van der Waals surface area contributed by atoms with Crippen molar-refractivity contribution >= 4 is 29.4 Å². The molecule has 220 valence electrons. The van der Waals surface area contributed by atoms with Crippen molar-refractivity contribution < 1.29 is 18.9 Å². The fourth-order valence-corrected chi connectivity index (χ4v) is 6.27. The Morgan fingerprint density at radius 3 is 1.95 bits per heavy atom. The third kappa shape index (κ3) is 4.32. The van der Waals surface area contributed by atoms with Crippen molar-refractivity contribution in [2.45, 2.75) is 33.2 Å². The van der Waals surface area contributed by atoms with Gasteiger partial charge in [0.2, 0.25) is 0 Å². The Hall–Kier alpha value is -5.12. The zero-order valence-corrected chi connectivity index (χ0v) is 24.6. The number of hydrazone groups is 1. The van der Waals surface area contributed by atoms with E-state index in [0.717, 1.165) is 54.2 Å². The van der Waals surface area contributed by atoms with Crippen LogP contribution >= 0.6 is 0 Å². The lowest BCUT2D eigenvalue weighted by Crippen LogP contribution is -2.44. The number of carbonyl (C=O) groups excluding carboxylic acids is 1. The molecule has 2 aliphatic heterocycles. The fourth-order valence-electron chi connectivity index (χ4n) is 6.27. The molecule has 0 fully saturated rings. The molecule has 3 aromatic carbocycles. The van der Waals surface area contributed by atoms with E-state index >= 15 is 0 Å². The lowest BCUT2D eigenvalue weighted by molar-refractivity contribution is -0.402. The van der Waals surface area contributed by atoms with E-state index < -0.39 is 16.3 Å². The van der Waals surface area contributed by atoms with Crippen LogP contribution in [0.15, 0.2) is 82.3 Å². The monoisotopic (exact) mass is 579 g/mol. The average molecular weight is 580 g/mol. The molecule has 0 radical (unpaired) electrons. The van der Waals surface area contributed by atoms with Gasteiger partial charge in [-0.05, 0) is 52.0 Å². The zero-order valence-electron chi connectivity index (χ0n) is 24.6. The van der Waals surface area contributed by atoms with Crippen molar-refractivity contribution in [1.29, 1.82) is 0 Å². The zero-order chi connectivity index (χ0) is 30.3. The SMILES string of the molecule is CCN(CC)c1ccc2c(c1)Oc1cc(N(CC)CC)ccc1C21c2ccccc2C(=O)N1/N=C/c1ccc([N+](=O)[O-])o1. The molecule has 0 atom stereocenters. The molecule has 0 saturated carbocycles. The number of anilines is 2. The van der Waals surface area contributed by atoms with Gasteiger partial charge in [-0.2, -0.15) is 5.10 Å². The topological polar surface area (TPSA) is 105 Å². The van der Waals surface area contributed by atoms with Crippen LogP contribution in [-0.4, -0.2) is 48.2 Å². The highest BCUT2D eigenvalue weighted by atomic mass is 16.6. The minimum absolute atomic E-state index is 0.159. The third-order valence-electron chi connectivity index (χ3n) is 8.34. The highest BCUT2D eigenvalue weighted by Crippen LogP contribution is 2.58. The summed E-state index contributed by atoms with van der Waals surface area (Å²) in [4.78, 5) is 29.3. The van der Waals surface area contributed by atoms with Gasteiger partial charge >= 0.3 is 5.88 Å². The number of hydrogen-bond donors (Lipinski definition) is 0. The Kier molecular flexibility index (Phi) is 7.13. The Balaban J connectivity index is 1.62. The van der Waals surface area contributed by atoms with Gasteiger partial charge in [-0.3, -0.25) is 14.9 Å². The summed E-state index contributed by atoms with van der Waals surface area (Å²) in [6, 6.07) is 22.4. The van der Waals surface area contributed by atoms with Crippen LogP contribution in [0.4, 0.5) is 17.3 Å². The summed E-state index contributed by atoms with van der Waals surface area (Å²) in [6.07, 6.45) is 1.35. The Morgan fingerprint density at radius 2 is 1.42 bits per heavy atom. The van der Waals surface area contributed by atoms with Crippen molar-refractivity contribution in [2.75, 3.05) is 36.0 Å². The molecule has 4 aromatic rings. The van der Waals surface area contributed by atoms with Gasteiger partial charge < -0.3 is 19.0 Å². The van der Waals surface area contributed by atoms with Crippen LogP contribution in [0, 0.1) is 10.1 Å². The van der Waals surface area contributed by atoms with E-state index in [2.05, 4.69) is 54.7 Å². The van der Waals surface area contributed by atoms with Crippen molar-refractivity contribution in [3.8, 4) is 11.5 Å². The number of furan rings is 1. The summed E-state index contributed by atoms with van der Waals surface area (Å²) in [6.45, 7) is 11.8. The summed E-state index contributed by atoms with van der Waals surface area (Å²) in [5, 5.41) is 17.4. The van der Waals surface area contributed by atoms with Crippen molar-refractivity contribution in [2.24, 2.45) is 5.10 Å². The number of fused-ring (bicyclic) bond motifs is 6. The average Bonchev–Trinajstić information content (AvgIpc) is 3.59. The largest absolute Gasteiger partial charge is 0.456 e. The molecule has 2 aliphatic rings. The second kappa shape index (κ2) is 10.9. The van der Waals surface area contributed by atoms with Gasteiger partial charge in [0.05, 0.1) is 12.3 Å². The molecule has 0 saturated heterocycles. The molecule has 1 amide bonds. The molecule has 3 heterocycles. The van der Waals surface area contributed by atoms with Crippen LogP contribution in [0.2, 0.25) is 0 Å². The first-order chi connectivity index (χ1) is 20.9. The standard InChI is InChI=1S/C33H33N5O5/c1-5-35(6-2)22-13-16-27-29(19-22)43-30-20-23(36(7-3)8-4)14-17-28(30)33(27)26-12-10-9-11-25(26)32(39)37(33)34-21-24-15-18-31(42-24)38(40)41/h9-21H,5-8H2,1-4H3/b34-21+. The Bertz CT molecular complexity index is 1680. The van der Waals surface area contributed by atoms with Crippen LogP contribution in [0.25, 0.3) is 0 Å². The summed E-state index contributed by atoms with van der Waals surface area (Å²) in [5.41, 5.74) is 3.70. The number of carbonyl (C=O) groups is 1. The predicted octanol–water partition coefficient (Wildman–Crippen LogP) is 6.77. The van der Waals surface area contributed by atoms with Gasteiger partial charge in [-0.15, -0.1) is 0 Å². The van der Waals surface area contributed by atoms with Gasteiger partial charge in [0.15, 0.2) is 5.76 Å². The maximum atomic E-state index is 14.2. The van der Waals surface area contributed by atoms with Crippen LogP contribution in [0.1, 0.15) is 60.5 Å². The number of rotatable bonds is 9. The van der Waals surface area contributed by atoms with Gasteiger partial charge in [-0.25, -0.2) is 5.01 Å². The Morgan fingerprint density at radius 1 is 0.837 bits per heavy atom. The lowest BCUT2D eigenvalue weighted by atomic mass is 9.75. The first kappa shape index (κ1) is 28.0. The summed E-state index contributed by atoms with van der Waals surface area (Å²) in [5.74, 6) is 0.722. The lowest BCUT2D eigenvalue weighted by Gasteiger charge is -2.42. The quantitative estimate of drug-likeness (QED) is 0.122. The van der Waals surface area contributed by atoms with Crippen LogP contribution in [-0.2, 0) is 5.54 Å². The minimum Gasteiger partial charge on any atom is -0.456 e. The molecule has 43 heavy (non-hydrogen) atoms. The van der Waals surface area contributed by atoms with E-state index in [-0.39, 0.29) is 11.7 Å². The minimum atomic E-state index is -1.16. The van der Waals surface area contributed by atoms with Gasteiger partial charge in [-0.1, -0.05) is 30.3 Å². The number of amides is 1. The van der Waals surface area contributed by atoms with Crippen LogP contribution in [0.5, 0.6) is 11.5 Å². The first-order valence-corrected chi connectivity index (χ1v) is 14.6. The van der Waals surface area contributed by atoms with Crippen LogP contribution < -0.4 is 14.5 Å². The molecular weight excluding hydrogens is 546 g/mol.